The summed E-state index contributed by atoms with van der Waals surface area (Å²) in [5.74, 6) is 1.23. The van der Waals surface area contributed by atoms with Gasteiger partial charge >= 0.3 is 0 Å². The van der Waals surface area contributed by atoms with Crippen molar-refractivity contribution >= 4 is 11.8 Å². The van der Waals surface area contributed by atoms with Gasteiger partial charge < -0.3 is 19.3 Å². The number of ether oxygens (including phenoxy) is 2. The molecular weight excluding hydrogens is 380 g/mol. The highest BCUT2D eigenvalue weighted by Crippen LogP contribution is 2.28. The van der Waals surface area contributed by atoms with Gasteiger partial charge in [0.05, 0.1) is 14.2 Å². The molecule has 0 unspecified atom stereocenters. The normalized spacial score (nSPS) is 14.2. The highest BCUT2D eigenvalue weighted by atomic mass is 16.5. The van der Waals surface area contributed by atoms with Gasteiger partial charge in [0.25, 0.3) is 5.91 Å². The molecule has 2 aromatic rings. The van der Waals surface area contributed by atoms with Gasteiger partial charge in [-0.25, -0.2) is 0 Å². The summed E-state index contributed by atoms with van der Waals surface area (Å²) in [5, 5.41) is 0. The summed E-state index contributed by atoms with van der Waals surface area (Å²) in [7, 11) is 3.12. The molecule has 0 radical (unpaired) electrons. The van der Waals surface area contributed by atoms with E-state index < -0.39 is 0 Å². The Morgan fingerprint density at radius 3 is 2.37 bits per heavy atom. The van der Waals surface area contributed by atoms with Gasteiger partial charge in [-0.1, -0.05) is 29.8 Å². The number of methoxy groups -OCH3 is 2. The van der Waals surface area contributed by atoms with Crippen LogP contribution < -0.4 is 9.47 Å². The molecule has 30 heavy (non-hydrogen) atoms. The molecule has 0 spiro atoms. The number of amides is 2. The van der Waals surface area contributed by atoms with E-state index in [1.165, 1.54) is 11.1 Å². The predicted molar refractivity (Wildman–Crippen MR) is 116 cm³/mol. The first-order chi connectivity index (χ1) is 14.5. The minimum atomic E-state index is -0.0509. The molecule has 2 aromatic carbocycles. The van der Waals surface area contributed by atoms with Gasteiger partial charge in [-0.3, -0.25) is 9.59 Å². The number of hydrogen-bond acceptors (Lipinski definition) is 4. The Morgan fingerprint density at radius 1 is 0.900 bits per heavy atom. The van der Waals surface area contributed by atoms with Crippen molar-refractivity contribution in [3.05, 3.63) is 59.2 Å². The summed E-state index contributed by atoms with van der Waals surface area (Å²) >= 11 is 0. The van der Waals surface area contributed by atoms with Gasteiger partial charge in [0.2, 0.25) is 5.91 Å². The second-order valence-corrected chi connectivity index (χ2v) is 7.59. The van der Waals surface area contributed by atoms with Crippen LogP contribution in [0.15, 0.2) is 42.5 Å². The molecule has 3 rings (SSSR count). The molecule has 160 valence electrons. The summed E-state index contributed by atoms with van der Waals surface area (Å²) < 4.78 is 10.6. The zero-order chi connectivity index (χ0) is 21.5. The van der Waals surface area contributed by atoms with Gasteiger partial charge in [0.15, 0.2) is 11.5 Å². The molecule has 1 heterocycles. The quantitative estimate of drug-likeness (QED) is 0.733. The number of nitrogens with zero attached hydrogens (tertiary/aromatic N) is 2. The second-order valence-electron chi connectivity index (χ2n) is 7.59. The molecule has 0 saturated carbocycles. The van der Waals surface area contributed by atoms with Crippen LogP contribution in [0.3, 0.4) is 0 Å². The van der Waals surface area contributed by atoms with E-state index in [1.54, 1.807) is 32.4 Å². The molecule has 6 heteroatoms. The third-order valence-corrected chi connectivity index (χ3v) is 5.48. The van der Waals surface area contributed by atoms with Crippen LogP contribution in [-0.4, -0.2) is 62.0 Å². The second kappa shape index (κ2) is 10.1. The van der Waals surface area contributed by atoms with Gasteiger partial charge in [-0.15, -0.1) is 0 Å². The monoisotopic (exact) mass is 410 g/mol. The minimum Gasteiger partial charge on any atom is -0.493 e. The van der Waals surface area contributed by atoms with Crippen molar-refractivity contribution in [3.8, 4) is 11.5 Å². The molecule has 1 fully saturated rings. The lowest BCUT2D eigenvalue weighted by Gasteiger charge is -2.22. The van der Waals surface area contributed by atoms with Crippen LogP contribution >= 0.6 is 0 Å². The summed E-state index contributed by atoms with van der Waals surface area (Å²) in [6.45, 7) is 4.47. The SMILES string of the molecule is COc1ccc(C(=O)N2CCCN(C(=O)CCc3cccc(C)c3)CC2)cc1OC. The summed E-state index contributed by atoms with van der Waals surface area (Å²) in [4.78, 5) is 29.4. The first kappa shape index (κ1) is 21.7. The number of carbonyl (C=O) groups excluding carboxylic acids is 2. The molecule has 1 saturated heterocycles. The van der Waals surface area contributed by atoms with E-state index in [-0.39, 0.29) is 11.8 Å². The fraction of sp³-hybridized carbons (Fsp3) is 0.417. The topological polar surface area (TPSA) is 59.1 Å². The summed E-state index contributed by atoms with van der Waals surface area (Å²) in [6, 6.07) is 13.5. The Bertz CT molecular complexity index is 897. The lowest BCUT2D eigenvalue weighted by Crippen LogP contribution is -2.37. The van der Waals surface area contributed by atoms with Crippen LogP contribution in [0.25, 0.3) is 0 Å². The third kappa shape index (κ3) is 5.32. The first-order valence-electron chi connectivity index (χ1n) is 10.4. The molecule has 1 aliphatic rings. The van der Waals surface area contributed by atoms with Gasteiger partial charge in [-0.2, -0.15) is 0 Å². The van der Waals surface area contributed by atoms with E-state index in [0.717, 1.165) is 12.8 Å². The van der Waals surface area contributed by atoms with Crippen LogP contribution in [0.1, 0.15) is 34.3 Å². The Labute approximate surface area is 178 Å². The number of aryl methyl sites for hydroxylation is 2. The molecule has 0 atom stereocenters. The minimum absolute atomic E-state index is 0.0509. The number of benzene rings is 2. The lowest BCUT2D eigenvalue weighted by atomic mass is 10.1. The maximum atomic E-state index is 13.0. The highest BCUT2D eigenvalue weighted by Gasteiger charge is 2.23. The average Bonchev–Trinajstić information content (AvgIpc) is 3.03. The van der Waals surface area contributed by atoms with Crippen molar-refractivity contribution in [2.45, 2.75) is 26.2 Å². The lowest BCUT2D eigenvalue weighted by molar-refractivity contribution is -0.131. The van der Waals surface area contributed by atoms with E-state index in [9.17, 15) is 9.59 Å². The highest BCUT2D eigenvalue weighted by molar-refractivity contribution is 5.95. The fourth-order valence-electron chi connectivity index (χ4n) is 3.80. The van der Waals surface area contributed by atoms with E-state index in [0.29, 0.717) is 49.7 Å². The summed E-state index contributed by atoms with van der Waals surface area (Å²) in [5.41, 5.74) is 2.95. The zero-order valence-electron chi connectivity index (χ0n) is 18.0. The molecule has 0 bridgehead atoms. The smallest absolute Gasteiger partial charge is 0.254 e. The van der Waals surface area contributed by atoms with Crippen LogP contribution in [0.4, 0.5) is 0 Å². The van der Waals surface area contributed by atoms with Gasteiger partial charge in [0.1, 0.15) is 0 Å². The Kier molecular flexibility index (Phi) is 7.33. The van der Waals surface area contributed by atoms with E-state index in [2.05, 4.69) is 25.1 Å². The van der Waals surface area contributed by atoms with Crippen LogP contribution in [0, 0.1) is 6.92 Å². The third-order valence-electron chi connectivity index (χ3n) is 5.48. The average molecular weight is 411 g/mol. The molecule has 0 aromatic heterocycles. The molecule has 1 aliphatic heterocycles. The molecule has 0 aliphatic carbocycles. The molecular formula is C24H30N2O4. The van der Waals surface area contributed by atoms with Crippen molar-refractivity contribution in [3.63, 3.8) is 0 Å². The Morgan fingerprint density at radius 2 is 1.63 bits per heavy atom. The largest absolute Gasteiger partial charge is 0.493 e. The van der Waals surface area contributed by atoms with Crippen LogP contribution in [0.5, 0.6) is 11.5 Å². The van der Waals surface area contributed by atoms with Gasteiger partial charge in [0, 0.05) is 38.2 Å². The molecule has 6 nitrogen and oxygen atoms in total. The van der Waals surface area contributed by atoms with Crippen molar-refractivity contribution in [2.75, 3.05) is 40.4 Å². The van der Waals surface area contributed by atoms with E-state index in [1.807, 2.05) is 15.9 Å². The molecule has 0 N–H and O–H groups in total. The zero-order valence-corrected chi connectivity index (χ0v) is 18.0. The number of rotatable bonds is 6. The van der Waals surface area contributed by atoms with Crippen LogP contribution in [-0.2, 0) is 11.2 Å². The molecule has 2 amide bonds. The maximum Gasteiger partial charge on any atom is 0.254 e. The Balaban J connectivity index is 1.57. The van der Waals surface area contributed by atoms with Crippen molar-refractivity contribution in [2.24, 2.45) is 0 Å². The van der Waals surface area contributed by atoms with E-state index in [4.69, 9.17) is 9.47 Å². The number of carbonyl (C=O) groups is 2. The van der Waals surface area contributed by atoms with E-state index >= 15 is 0 Å². The standard InChI is InChI=1S/C24H30N2O4/c1-18-6-4-7-19(16-18)8-11-23(27)25-12-5-13-26(15-14-25)24(28)20-9-10-21(29-2)22(17-20)30-3/h4,6-7,9-10,16-17H,5,8,11-15H2,1-3H3. The van der Waals surface area contributed by atoms with Crippen molar-refractivity contribution in [1.82, 2.24) is 9.80 Å². The Hall–Kier alpha value is -3.02. The maximum absolute atomic E-state index is 13.0. The van der Waals surface area contributed by atoms with Crippen molar-refractivity contribution < 1.29 is 19.1 Å². The summed E-state index contributed by atoms with van der Waals surface area (Å²) in [6.07, 6.45) is 2.01. The van der Waals surface area contributed by atoms with Crippen molar-refractivity contribution in [1.29, 1.82) is 0 Å². The fourth-order valence-corrected chi connectivity index (χ4v) is 3.80. The van der Waals surface area contributed by atoms with Crippen LogP contribution in [0.2, 0.25) is 0 Å². The van der Waals surface area contributed by atoms with Gasteiger partial charge in [-0.05, 0) is 43.5 Å². The predicted octanol–water partition coefficient (Wildman–Crippen LogP) is 3.32. The number of hydrogen-bond donors (Lipinski definition) is 0. The first-order valence-corrected chi connectivity index (χ1v) is 10.4.